The number of likely N-dealkylation sites (N-methyl/N-ethyl adjacent to an activating group) is 1. The van der Waals surface area contributed by atoms with E-state index in [-0.39, 0.29) is 11.2 Å². The molecule has 0 spiro atoms. The Morgan fingerprint density at radius 3 is 2.82 bits per heavy atom. The lowest BCUT2D eigenvalue weighted by molar-refractivity contribution is 0.0530. The first-order valence-corrected chi connectivity index (χ1v) is 10.8. The van der Waals surface area contributed by atoms with Crippen molar-refractivity contribution in [1.82, 2.24) is 15.5 Å². The third kappa shape index (κ3) is 5.23. The molecule has 2 saturated heterocycles. The molecule has 0 aliphatic carbocycles. The molecule has 28 heavy (non-hydrogen) atoms. The SMILES string of the molecule is CCNC(=NCC1(c2cccc(F)c2)CCOCC1)NCC1CCCN1CC. The standard InChI is InChI=1S/C22H35FN4O/c1-3-24-21(25-16-20-9-6-12-27(20)4-2)26-17-22(10-13-28-14-11-22)18-7-5-8-19(23)15-18/h5,7-8,15,20H,3-4,6,9-14,16-17H2,1-2H3,(H2,24,25,26). The van der Waals surface area contributed by atoms with Gasteiger partial charge in [0.05, 0.1) is 6.54 Å². The summed E-state index contributed by atoms with van der Waals surface area (Å²) in [6.45, 7) is 10.4. The van der Waals surface area contributed by atoms with Crippen LogP contribution in [0.2, 0.25) is 0 Å². The Morgan fingerprint density at radius 1 is 1.29 bits per heavy atom. The van der Waals surface area contributed by atoms with Crippen molar-refractivity contribution in [2.24, 2.45) is 4.99 Å². The van der Waals surface area contributed by atoms with Crippen LogP contribution in [0.3, 0.4) is 0 Å². The summed E-state index contributed by atoms with van der Waals surface area (Å²) in [5.41, 5.74) is 0.870. The van der Waals surface area contributed by atoms with Crippen LogP contribution >= 0.6 is 0 Å². The average molecular weight is 391 g/mol. The number of hydrogen-bond acceptors (Lipinski definition) is 3. The van der Waals surface area contributed by atoms with Gasteiger partial charge in [0, 0.05) is 37.8 Å². The summed E-state index contributed by atoms with van der Waals surface area (Å²) in [6.07, 6.45) is 4.25. The van der Waals surface area contributed by atoms with Crippen LogP contribution in [-0.2, 0) is 10.2 Å². The highest BCUT2D eigenvalue weighted by molar-refractivity contribution is 5.79. The molecule has 2 aliphatic rings. The Hall–Kier alpha value is -1.66. The van der Waals surface area contributed by atoms with Crippen LogP contribution in [0.15, 0.2) is 29.3 Å². The van der Waals surface area contributed by atoms with Crippen molar-refractivity contribution in [2.45, 2.75) is 51.0 Å². The van der Waals surface area contributed by atoms with Gasteiger partial charge in [0.15, 0.2) is 5.96 Å². The minimum atomic E-state index is -0.182. The number of hydrogen-bond donors (Lipinski definition) is 2. The van der Waals surface area contributed by atoms with Crippen molar-refractivity contribution >= 4 is 5.96 Å². The molecule has 0 amide bonds. The predicted octanol–water partition coefficient (Wildman–Crippen LogP) is 2.91. The third-order valence-corrected chi connectivity index (χ3v) is 6.18. The largest absolute Gasteiger partial charge is 0.381 e. The van der Waals surface area contributed by atoms with Gasteiger partial charge in [0.25, 0.3) is 0 Å². The zero-order valence-corrected chi connectivity index (χ0v) is 17.3. The Balaban J connectivity index is 1.71. The van der Waals surface area contributed by atoms with E-state index in [0.717, 1.165) is 44.0 Å². The zero-order chi connectivity index (χ0) is 19.8. The number of ether oxygens (including phenoxy) is 1. The normalized spacial score (nSPS) is 23.0. The van der Waals surface area contributed by atoms with Gasteiger partial charge in [-0.05, 0) is 63.4 Å². The molecule has 1 unspecified atom stereocenters. The minimum absolute atomic E-state index is 0.161. The van der Waals surface area contributed by atoms with Gasteiger partial charge in [-0.2, -0.15) is 0 Å². The lowest BCUT2D eigenvalue weighted by Gasteiger charge is -2.36. The summed E-state index contributed by atoms with van der Waals surface area (Å²) in [5.74, 6) is 0.672. The second-order valence-electron chi connectivity index (χ2n) is 7.90. The van der Waals surface area contributed by atoms with Crippen LogP contribution in [0.25, 0.3) is 0 Å². The van der Waals surface area contributed by atoms with Crippen LogP contribution < -0.4 is 10.6 Å². The van der Waals surface area contributed by atoms with Crippen LogP contribution in [0.4, 0.5) is 4.39 Å². The van der Waals surface area contributed by atoms with E-state index in [4.69, 9.17) is 9.73 Å². The van der Waals surface area contributed by atoms with Crippen molar-refractivity contribution in [3.05, 3.63) is 35.6 Å². The van der Waals surface area contributed by atoms with Gasteiger partial charge in [-0.25, -0.2) is 4.39 Å². The molecular formula is C22H35FN4O. The van der Waals surface area contributed by atoms with Crippen molar-refractivity contribution in [3.8, 4) is 0 Å². The van der Waals surface area contributed by atoms with Crippen LogP contribution in [0, 0.1) is 5.82 Å². The lowest BCUT2D eigenvalue weighted by atomic mass is 9.74. The molecule has 1 atom stereocenters. The van der Waals surface area contributed by atoms with Gasteiger partial charge in [-0.3, -0.25) is 9.89 Å². The molecule has 3 rings (SSSR count). The van der Waals surface area contributed by atoms with E-state index in [0.29, 0.717) is 25.8 Å². The molecule has 0 aromatic heterocycles. The lowest BCUT2D eigenvalue weighted by Crippen LogP contribution is -2.46. The number of rotatable bonds is 7. The third-order valence-electron chi connectivity index (χ3n) is 6.18. The van der Waals surface area contributed by atoms with Crippen molar-refractivity contribution < 1.29 is 9.13 Å². The fourth-order valence-corrected chi connectivity index (χ4v) is 4.45. The molecule has 0 radical (unpaired) electrons. The van der Waals surface area contributed by atoms with Crippen molar-refractivity contribution in [3.63, 3.8) is 0 Å². The molecule has 2 heterocycles. The smallest absolute Gasteiger partial charge is 0.191 e. The van der Waals surface area contributed by atoms with Gasteiger partial charge >= 0.3 is 0 Å². The molecule has 5 nitrogen and oxygen atoms in total. The van der Waals surface area contributed by atoms with Crippen molar-refractivity contribution in [2.75, 3.05) is 45.9 Å². The Kier molecular flexibility index (Phi) is 7.68. The predicted molar refractivity (Wildman–Crippen MR) is 112 cm³/mol. The monoisotopic (exact) mass is 390 g/mol. The first kappa shape index (κ1) is 21.1. The van der Waals surface area contributed by atoms with E-state index in [1.54, 1.807) is 12.1 Å². The van der Waals surface area contributed by atoms with E-state index in [1.807, 2.05) is 6.07 Å². The number of likely N-dealkylation sites (tertiary alicyclic amines) is 1. The maximum absolute atomic E-state index is 13.9. The highest BCUT2D eigenvalue weighted by Crippen LogP contribution is 2.35. The number of nitrogens with zero attached hydrogens (tertiary/aromatic N) is 2. The summed E-state index contributed by atoms with van der Waals surface area (Å²) in [6, 6.07) is 7.58. The highest BCUT2D eigenvalue weighted by atomic mass is 19.1. The maximum Gasteiger partial charge on any atom is 0.191 e. The summed E-state index contributed by atoms with van der Waals surface area (Å²) in [7, 11) is 0. The fourth-order valence-electron chi connectivity index (χ4n) is 4.45. The van der Waals surface area contributed by atoms with Crippen molar-refractivity contribution in [1.29, 1.82) is 0 Å². The van der Waals surface area contributed by atoms with Gasteiger partial charge in [0.1, 0.15) is 5.82 Å². The molecule has 1 aromatic rings. The number of guanidine groups is 1. The maximum atomic E-state index is 13.9. The molecule has 2 fully saturated rings. The first-order valence-electron chi connectivity index (χ1n) is 10.8. The summed E-state index contributed by atoms with van der Waals surface area (Å²) >= 11 is 0. The van der Waals surface area contributed by atoms with E-state index in [9.17, 15) is 4.39 Å². The summed E-state index contributed by atoms with van der Waals surface area (Å²) in [4.78, 5) is 7.46. The van der Waals surface area contributed by atoms with Gasteiger partial charge in [-0.15, -0.1) is 0 Å². The van der Waals surface area contributed by atoms with Crippen LogP contribution in [0.1, 0.15) is 45.1 Å². The quantitative estimate of drug-likeness (QED) is 0.555. The van der Waals surface area contributed by atoms with E-state index in [2.05, 4.69) is 29.4 Å². The molecule has 6 heteroatoms. The van der Waals surface area contributed by atoms with E-state index >= 15 is 0 Å². The summed E-state index contributed by atoms with van der Waals surface area (Å²) < 4.78 is 19.5. The second-order valence-corrected chi connectivity index (χ2v) is 7.90. The number of aliphatic imine (C=N–C) groups is 1. The average Bonchev–Trinajstić information content (AvgIpc) is 3.18. The number of halogens is 1. The zero-order valence-electron chi connectivity index (χ0n) is 17.3. The number of benzene rings is 1. The molecule has 0 saturated carbocycles. The Morgan fingerprint density at radius 2 is 2.11 bits per heavy atom. The Bertz CT molecular complexity index is 645. The minimum Gasteiger partial charge on any atom is -0.381 e. The van der Waals surface area contributed by atoms with Gasteiger partial charge in [0.2, 0.25) is 0 Å². The van der Waals surface area contributed by atoms with Gasteiger partial charge in [-0.1, -0.05) is 19.1 Å². The summed E-state index contributed by atoms with van der Waals surface area (Å²) in [5, 5.41) is 6.91. The molecule has 2 aliphatic heterocycles. The number of nitrogens with one attached hydrogen (secondary N) is 2. The van der Waals surface area contributed by atoms with Crippen LogP contribution in [0.5, 0.6) is 0 Å². The first-order chi connectivity index (χ1) is 13.7. The molecule has 156 valence electrons. The molecular weight excluding hydrogens is 355 g/mol. The Labute approximate surface area is 168 Å². The molecule has 2 N–H and O–H groups in total. The van der Waals surface area contributed by atoms with E-state index in [1.165, 1.54) is 25.5 Å². The van der Waals surface area contributed by atoms with Gasteiger partial charge < -0.3 is 15.4 Å². The highest BCUT2D eigenvalue weighted by Gasteiger charge is 2.35. The van der Waals surface area contributed by atoms with E-state index < -0.39 is 0 Å². The molecule has 1 aromatic carbocycles. The molecule has 0 bridgehead atoms. The fraction of sp³-hybridized carbons (Fsp3) is 0.682. The topological polar surface area (TPSA) is 48.9 Å². The second kappa shape index (κ2) is 10.2. The van der Waals surface area contributed by atoms with Crippen LogP contribution in [-0.4, -0.2) is 62.8 Å².